The number of anilines is 1. The number of hydrogen-bond donors (Lipinski definition) is 1. The van der Waals surface area contributed by atoms with Crippen LogP contribution in [0.5, 0.6) is 0 Å². The van der Waals surface area contributed by atoms with Crippen molar-refractivity contribution >= 4 is 21.6 Å². The summed E-state index contributed by atoms with van der Waals surface area (Å²) in [5.74, 6) is -1.03. The highest BCUT2D eigenvalue weighted by Crippen LogP contribution is 2.20. The average Bonchev–Trinajstić information content (AvgIpc) is 2.53. The summed E-state index contributed by atoms with van der Waals surface area (Å²) >= 11 is 0. The van der Waals surface area contributed by atoms with Gasteiger partial charge in [0.1, 0.15) is 12.4 Å². The quantitative estimate of drug-likeness (QED) is 0.840. The molecule has 7 heteroatoms. The third kappa shape index (κ3) is 5.05. The summed E-state index contributed by atoms with van der Waals surface area (Å²) in [4.78, 5) is 12.4. The zero-order chi connectivity index (χ0) is 19.5. The summed E-state index contributed by atoms with van der Waals surface area (Å²) in [5, 5.41) is 2.81. The van der Waals surface area contributed by atoms with E-state index in [1.807, 2.05) is 39.0 Å². The maximum atomic E-state index is 13.4. The molecule has 2 rings (SSSR count). The molecule has 0 aromatic heterocycles. The molecule has 0 aliphatic carbocycles. The zero-order valence-corrected chi connectivity index (χ0v) is 16.1. The number of halogens is 1. The Morgan fingerprint density at radius 3 is 2.50 bits per heavy atom. The minimum absolute atomic E-state index is 0.113. The number of amides is 1. The molecule has 140 valence electrons. The fraction of sp³-hybridized carbons (Fsp3) is 0.316. The van der Waals surface area contributed by atoms with E-state index in [1.165, 1.54) is 18.2 Å². The molecule has 0 spiro atoms. The SMILES string of the molecule is Cc1ccc(C)c(C(C)NC(=O)CN(c2cccc(F)c2)S(C)(=O)=O)c1. The smallest absolute Gasteiger partial charge is 0.241 e. The van der Waals surface area contributed by atoms with E-state index in [9.17, 15) is 17.6 Å². The van der Waals surface area contributed by atoms with Gasteiger partial charge >= 0.3 is 0 Å². The Morgan fingerprint density at radius 1 is 1.19 bits per heavy atom. The molecule has 1 amide bonds. The Hall–Kier alpha value is -2.41. The highest BCUT2D eigenvalue weighted by molar-refractivity contribution is 7.92. The number of carbonyl (C=O) groups is 1. The maximum Gasteiger partial charge on any atom is 0.241 e. The van der Waals surface area contributed by atoms with Gasteiger partial charge in [0, 0.05) is 0 Å². The largest absolute Gasteiger partial charge is 0.348 e. The normalized spacial score (nSPS) is 12.5. The third-order valence-electron chi connectivity index (χ3n) is 4.06. The van der Waals surface area contributed by atoms with Crippen LogP contribution in [0.3, 0.4) is 0 Å². The molecule has 1 atom stereocenters. The molecule has 0 radical (unpaired) electrons. The molecule has 0 fully saturated rings. The van der Waals surface area contributed by atoms with Gasteiger partial charge in [-0.2, -0.15) is 0 Å². The highest BCUT2D eigenvalue weighted by Gasteiger charge is 2.22. The van der Waals surface area contributed by atoms with Gasteiger partial charge < -0.3 is 5.32 Å². The van der Waals surface area contributed by atoms with E-state index in [0.717, 1.165) is 33.3 Å². The number of rotatable bonds is 6. The molecule has 5 nitrogen and oxygen atoms in total. The minimum atomic E-state index is -3.74. The van der Waals surface area contributed by atoms with Gasteiger partial charge in [-0.1, -0.05) is 29.8 Å². The first kappa shape index (κ1) is 19.9. The lowest BCUT2D eigenvalue weighted by atomic mass is 10.00. The lowest BCUT2D eigenvalue weighted by Crippen LogP contribution is -2.41. The molecule has 0 aliphatic heterocycles. The number of hydrogen-bond acceptors (Lipinski definition) is 3. The van der Waals surface area contributed by atoms with Gasteiger partial charge in [-0.3, -0.25) is 9.10 Å². The zero-order valence-electron chi connectivity index (χ0n) is 15.3. The van der Waals surface area contributed by atoms with Gasteiger partial charge in [-0.15, -0.1) is 0 Å². The van der Waals surface area contributed by atoms with Crippen LogP contribution in [-0.2, 0) is 14.8 Å². The Balaban J connectivity index is 2.19. The van der Waals surface area contributed by atoms with E-state index in [0.29, 0.717) is 0 Å². The van der Waals surface area contributed by atoms with Crippen molar-refractivity contribution in [1.29, 1.82) is 0 Å². The third-order valence-corrected chi connectivity index (χ3v) is 5.20. The molecule has 0 aliphatic rings. The molecule has 2 aromatic rings. The molecule has 26 heavy (non-hydrogen) atoms. The van der Waals surface area contributed by atoms with Crippen LogP contribution >= 0.6 is 0 Å². The van der Waals surface area contributed by atoms with Crippen molar-refractivity contribution in [1.82, 2.24) is 5.32 Å². The lowest BCUT2D eigenvalue weighted by molar-refractivity contribution is -0.120. The lowest BCUT2D eigenvalue weighted by Gasteiger charge is -2.24. The second-order valence-corrected chi connectivity index (χ2v) is 8.31. The van der Waals surface area contributed by atoms with Gasteiger partial charge in [-0.05, 0) is 50.1 Å². The van der Waals surface area contributed by atoms with Gasteiger partial charge in [0.2, 0.25) is 15.9 Å². The summed E-state index contributed by atoms with van der Waals surface area (Å²) in [6, 6.07) is 10.8. The van der Waals surface area contributed by atoms with E-state index >= 15 is 0 Å². The molecule has 1 unspecified atom stereocenters. The number of nitrogens with one attached hydrogen (secondary N) is 1. The second-order valence-electron chi connectivity index (χ2n) is 6.40. The van der Waals surface area contributed by atoms with Gasteiger partial charge in [-0.25, -0.2) is 12.8 Å². The van der Waals surface area contributed by atoms with Gasteiger partial charge in [0.15, 0.2) is 0 Å². The summed E-state index contributed by atoms with van der Waals surface area (Å²) in [6.07, 6.45) is 0.985. The van der Waals surface area contributed by atoms with E-state index in [4.69, 9.17) is 0 Å². The van der Waals surface area contributed by atoms with Crippen LogP contribution in [0.1, 0.15) is 29.7 Å². The molecule has 0 bridgehead atoms. The Bertz CT molecular complexity index is 913. The van der Waals surface area contributed by atoms with Crippen LogP contribution in [-0.4, -0.2) is 27.1 Å². The molecule has 1 N–H and O–H groups in total. The molecular formula is C19H23FN2O3S. The van der Waals surface area contributed by atoms with Crippen LogP contribution in [0.4, 0.5) is 10.1 Å². The monoisotopic (exact) mass is 378 g/mol. The van der Waals surface area contributed by atoms with E-state index in [-0.39, 0.29) is 11.7 Å². The first-order valence-corrected chi connectivity index (χ1v) is 10.0. The van der Waals surface area contributed by atoms with Crippen LogP contribution in [0.2, 0.25) is 0 Å². The number of nitrogens with zero attached hydrogens (tertiary/aromatic N) is 1. The first-order valence-electron chi connectivity index (χ1n) is 8.17. The van der Waals surface area contributed by atoms with Crippen molar-refractivity contribution in [2.75, 3.05) is 17.1 Å². The van der Waals surface area contributed by atoms with Crippen LogP contribution in [0.25, 0.3) is 0 Å². The maximum absolute atomic E-state index is 13.4. The van der Waals surface area contributed by atoms with Crippen molar-refractivity contribution in [3.8, 4) is 0 Å². The van der Waals surface area contributed by atoms with Gasteiger partial charge in [0.25, 0.3) is 0 Å². The average molecular weight is 378 g/mol. The number of aryl methyl sites for hydroxylation is 2. The minimum Gasteiger partial charge on any atom is -0.348 e. The molecule has 0 saturated heterocycles. The predicted molar refractivity (Wildman–Crippen MR) is 101 cm³/mol. The summed E-state index contributed by atoms with van der Waals surface area (Å²) in [7, 11) is -3.74. The second kappa shape index (κ2) is 7.86. The van der Waals surface area contributed by atoms with Gasteiger partial charge in [0.05, 0.1) is 18.0 Å². The number of sulfonamides is 1. The Kier molecular flexibility index (Phi) is 6.02. The number of carbonyl (C=O) groups excluding carboxylic acids is 1. The molecule has 0 saturated carbocycles. The van der Waals surface area contributed by atoms with Crippen LogP contribution in [0, 0.1) is 19.7 Å². The summed E-state index contributed by atoms with van der Waals surface area (Å²) < 4.78 is 38.4. The number of benzene rings is 2. The van der Waals surface area contributed by atoms with Crippen molar-refractivity contribution in [2.45, 2.75) is 26.8 Å². The fourth-order valence-corrected chi connectivity index (χ4v) is 3.60. The topological polar surface area (TPSA) is 66.5 Å². The van der Waals surface area contributed by atoms with Crippen LogP contribution < -0.4 is 9.62 Å². The van der Waals surface area contributed by atoms with Crippen molar-refractivity contribution in [3.63, 3.8) is 0 Å². The fourth-order valence-electron chi connectivity index (χ4n) is 2.75. The van der Waals surface area contributed by atoms with Crippen molar-refractivity contribution < 1.29 is 17.6 Å². The first-order chi connectivity index (χ1) is 12.1. The summed E-state index contributed by atoms with van der Waals surface area (Å²) in [6.45, 7) is 5.34. The summed E-state index contributed by atoms with van der Waals surface area (Å²) in [5.41, 5.74) is 3.19. The van der Waals surface area contributed by atoms with Crippen molar-refractivity contribution in [3.05, 3.63) is 65.0 Å². The van der Waals surface area contributed by atoms with E-state index in [2.05, 4.69) is 5.32 Å². The van der Waals surface area contributed by atoms with E-state index < -0.39 is 28.3 Å². The Labute approximate surface area is 153 Å². The standard InChI is InChI=1S/C19H23FN2O3S/c1-13-8-9-14(2)18(10-13)15(3)21-19(23)12-22(26(4,24)25)17-7-5-6-16(20)11-17/h5-11,15H,12H2,1-4H3,(H,21,23). The van der Waals surface area contributed by atoms with Crippen LogP contribution in [0.15, 0.2) is 42.5 Å². The van der Waals surface area contributed by atoms with E-state index in [1.54, 1.807) is 0 Å². The predicted octanol–water partition coefficient (Wildman–Crippen LogP) is 3.09. The Morgan fingerprint density at radius 2 is 1.88 bits per heavy atom. The highest BCUT2D eigenvalue weighted by atomic mass is 32.2. The van der Waals surface area contributed by atoms with Crippen molar-refractivity contribution in [2.24, 2.45) is 0 Å². The molecular weight excluding hydrogens is 355 g/mol. The molecule has 2 aromatic carbocycles. The molecule has 0 heterocycles.